The third kappa shape index (κ3) is 6.74. The van der Waals surface area contributed by atoms with E-state index in [0.29, 0.717) is 48.9 Å². The van der Waals surface area contributed by atoms with Crippen LogP contribution in [0.15, 0.2) is 60.8 Å². The van der Waals surface area contributed by atoms with Gasteiger partial charge in [0.25, 0.3) is 5.91 Å². The molecule has 0 saturated heterocycles. The number of ether oxygens (including phenoxy) is 1. The number of anilines is 2. The molecule has 9 heteroatoms. The van der Waals surface area contributed by atoms with Crippen LogP contribution in [0.1, 0.15) is 54.0 Å². The van der Waals surface area contributed by atoms with Crippen LogP contribution in [0.4, 0.5) is 11.6 Å². The summed E-state index contributed by atoms with van der Waals surface area (Å²) in [5.74, 6) is -0.164. The van der Waals surface area contributed by atoms with Gasteiger partial charge in [-0.15, -0.1) is 5.10 Å². The number of hydrogen-bond donors (Lipinski definition) is 3. The molecule has 0 spiro atoms. The van der Waals surface area contributed by atoms with E-state index in [2.05, 4.69) is 41.5 Å². The van der Waals surface area contributed by atoms with Gasteiger partial charge >= 0.3 is 0 Å². The van der Waals surface area contributed by atoms with E-state index in [0.717, 1.165) is 22.4 Å². The van der Waals surface area contributed by atoms with E-state index in [1.54, 1.807) is 22.7 Å². The molecular weight excluding hydrogens is 480 g/mol. The van der Waals surface area contributed by atoms with E-state index in [-0.39, 0.29) is 11.3 Å². The van der Waals surface area contributed by atoms with Gasteiger partial charge in [-0.25, -0.2) is 4.52 Å². The number of nitrogens with two attached hydrogens (primary N) is 1. The van der Waals surface area contributed by atoms with E-state index >= 15 is 0 Å². The number of fused-ring (bicyclic) bond motifs is 1. The number of primary amides is 1. The Balaban J connectivity index is 1.56. The Bertz CT molecular complexity index is 1450. The van der Waals surface area contributed by atoms with Crippen molar-refractivity contribution in [2.45, 2.75) is 34.1 Å². The molecule has 0 aliphatic rings. The second-order valence-corrected chi connectivity index (χ2v) is 10.3. The van der Waals surface area contributed by atoms with E-state index in [9.17, 15) is 9.59 Å². The molecule has 2 heterocycles. The summed E-state index contributed by atoms with van der Waals surface area (Å²) in [7, 11) is 0. The fourth-order valence-electron chi connectivity index (χ4n) is 3.92. The SMILES string of the molecule is CCOCCc1cc(C(N)=O)ccc1Nc1nc2ccc(-c3cccc(C(=O)NCC(C)(C)C)c3)cn2n1. The fourth-order valence-corrected chi connectivity index (χ4v) is 3.92. The van der Waals surface area contributed by atoms with Crippen molar-refractivity contribution in [1.29, 1.82) is 0 Å². The number of hydrogen-bond acceptors (Lipinski definition) is 6. The smallest absolute Gasteiger partial charge is 0.251 e. The first-order chi connectivity index (χ1) is 18.1. The van der Waals surface area contributed by atoms with Gasteiger partial charge in [0, 0.05) is 41.7 Å². The van der Waals surface area contributed by atoms with Crippen molar-refractivity contribution in [2.75, 3.05) is 25.1 Å². The minimum absolute atomic E-state index is 0.00503. The lowest BCUT2D eigenvalue weighted by molar-refractivity contribution is 0.0938. The average Bonchev–Trinajstić information content (AvgIpc) is 3.29. The predicted octanol–water partition coefficient (Wildman–Crippen LogP) is 4.59. The first kappa shape index (κ1) is 26.8. The minimum atomic E-state index is -0.483. The zero-order valence-electron chi connectivity index (χ0n) is 22.2. The molecule has 0 radical (unpaired) electrons. The van der Waals surface area contributed by atoms with E-state index in [1.165, 1.54) is 0 Å². The largest absolute Gasteiger partial charge is 0.381 e. The van der Waals surface area contributed by atoms with Crippen LogP contribution in [-0.4, -0.2) is 46.2 Å². The van der Waals surface area contributed by atoms with Crippen molar-refractivity contribution in [1.82, 2.24) is 19.9 Å². The standard InChI is InChI=1S/C29H34N6O3/c1-5-38-14-13-20-16-21(26(30)36)9-11-24(20)32-28-33-25-12-10-23(17-35(25)34-28)19-7-6-8-22(15-19)27(37)31-18-29(2,3)4/h6-12,15-17H,5,13-14,18H2,1-4H3,(H2,30,36)(H,31,37)(H,32,34). The monoisotopic (exact) mass is 514 g/mol. The van der Waals surface area contributed by atoms with Gasteiger partial charge in [0.1, 0.15) is 0 Å². The molecule has 2 amide bonds. The van der Waals surface area contributed by atoms with Gasteiger partial charge in [0.2, 0.25) is 11.9 Å². The molecule has 38 heavy (non-hydrogen) atoms. The van der Waals surface area contributed by atoms with Gasteiger partial charge in [-0.05, 0) is 72.4 Å². The Morgan fingerprint density at radius 1 is 1.03 bits per heavy atom. The Hall–Kier alpha value is -4.24. The summed E-state index contributed by atoms with van der Waals surface area (Å²) in [6.07, 6.45) is 2.49. The Labute approximate surface area is 222 Å². The molecule has 0 saturated carbocycles. The first-order valence-electron chi connectivity index (χ1n) is 12.7. The van der Waals surface area contributed by atoms with E-state index in [4.69, 9.17) is 10.5 Å². The first-order valence-corrected chi connectivity index (χ1v) is 12.7. The molecule has 0 atom stereocenters. The molecular formula is C29H34N6O3. The molecule has 0 fully saturated rings. The van der Waals surface area contributed by atoms with Crippen molar-refractivity contribution < 1.29 is 14.3 Å². The lowest BCUT2D eigenvalue weighted by Crippen LogP contribution is -2.32. The number of pyridine rings is 1. The van der Waals surface area contributed by atoms with Crippen LogP contribution in [0.2, 0.25) is 0 Å². The number of aromatic nitrogens is 3. The summed E-state index contributed by atoms with van der Waals surface area (Å²) in [5, 5.41) is 10.9. The highest BCUT2D eigenvalue weighted by molar-refractivity contribution is 5.95. The summed E-state index contributed by atoms with van der Waals surface area (Å²) in [6.45, 7) is 9.90. The van der Waals surface area contributed by atoms with Crippen LogP contribution in [0.25, 0.3) is 16.8 Å². The molecule has 4 aromatic rings. The van der Waals surface area contributed by atoms with Crippen LogP contribution in [0, 0.1) is 5.41 Å². The molecule has 2 aromatic heterocycles. The summed E-state index contributed by atoms with van der Waals surface area (Å²) in [6, 6.07) is 16.6. The summed E-state index contributed by atoms with van der Waals surface area (Å²) in [5.41, 5.74) is 10.7. The van der Waals surface area contributed by atoms with E-state index in [1.807, 2.05) is 49.5 Å². The number of rotatable bonds is 10. The quantitative estimate of drug-likeness (QED) is 0.266. The molecule has 0 aliphatic carbocycles. The van der Waals surface area contributed by atoms with Crippen LogP contribution >= 0.6 is 0 Å². The Kier molecular flexibility index (Phi) is 8.07. The summed E-state index contributed by atoms with van der Waals surface area (Å²) in [4.78, 5) is 28.9. The number of benzene rings is 2. The molecule has 198 valence electrons. The molecule has 0 aliphatic heterocycles. The van der Waals surface area contributed by atoms with Crippen molar-refractivity contribution in [2.24, 2.45) is 11.1 Å². The van der Waals surface area contributed by atoms with Crippen molar-refractivity contribution in [3.8, 4) is 11.1 Å². The second kappa shape index (κ2) is 11.4. The molecule has 0 unspecified atom stereocenters. The number of carbonyl (C=O) groups is 2. The molecule has 4 N–H and O–H groups in total. The van der Waals surface area contributed by atoms with Crippen LogP contribution in [-0.2, 0) is 11.2 Å². The zero-order chi connectivity index (χ0) is 27.3. The highest BCUT2D eigenvalue weighted by Crippen LogP contribution is 2.24. The summed E-state index contributed by atoms with van der Waals surface area (Å²) >= 11 is 0. The third-order valence-electron chi connectivity index (χ3n) is 5.92. The van der Waals surface area contributed by atoms with Crippen LogP contribution in [0.5, 0.6) is 0 Å². The third-order valence-corrected chi connectivity index (χ3v) is 5.92. The highest BCUT2D eigenvalue weighted by Gasteiger charge is 2.14. The van der Waals surface area contributed by atoms with Crippen LogP contribution < -0.4 is 16.4 Å². The van der Waals surface area contributed by atoms with Gasteiger partial charge in [-0.2, -0.15) is 4.98 Å². The maximum Gasteiger partial charge on any atom is 0.251 e. The Morgan fingerprint density at radius 3 is 2.58 bits per heavy atom. The number of nitrogens with one attached hydrogen (secondary N) is 2. The Morgan fingerprint density at radius 2 is 1.84 bits per heavy atom. The average molecular weight is 515 g/mol. The molecule has 2 aromatic carbocycles. The van der Waals surface area contributed by atoms with Crippen molar-refractivity contribution in [3.63, 3.8) is 0 Å². The second-order valence-electron chi connectivity index (χ2n) is 10.3. The van der Waals surface area contributed by atoms with E-state index < -0.39 is 5.91 Å². The van der Waals surface area contributed by atoms with Crippen molar-refractivity contribution in [3.05, 3.63) is 77.5 Å². The van der Waals surface area contributed by atoms with Gasteiger partial charge < -0.3 is 21.1 Å². The normalized spacial score (nSPS) is 11.5. The molecule has 0 bridgehead atoms. The molecule has 9 nitrogen and oxygen atoms in total. The van der Waals surface area contributed by atoms with Gasteiger partial charge in [-0.1, -0.05) is 32.9 Å². The number of amides is 2. The van der Waals surface area contributed by atoms with Crippen molar-refractivity contribution >= 4 is 29.1 Å². The maximum atomic E-state index is 12.7. The predicted molar refractivity (Wildman–Crippen MR) is 149 cm³/mol. The van der Waals surface area contributed by atoms with Crippen LogP contribution in [0.3, 0.4) is 0 Å². The maximum absolute atomic E-state index is 12.7. The van der Waals surface area contributed by atoms with Gasteiger partial charge in [0.15, 0.2) is 5.65 Å². The minimum Gasteiger partial charge on any atom is -0.381 e. The summed E-state index contributed by atoms with van der Waals surface area (Å²) < 4.78 is 7.19. The van der Waals surface area contributed by atoms with Gasteiger partial charge in [-0.3, -0.25) is 9.59 Å². The highest BCUT2D eigenvalue weighted by atomic mass is 16.5. The zero-order valence-corrected chi connectivity index (χ0v) is 22.2. The number of carbonyl (C=O) groups excluding carboxylic acids is 2. The lowest BCUT2D eigenvalue weighted by Gasteiger charge is -2.18. The number of nitrogens with zero attached hydrogens (tertiary/aromatic N) is 3. The topological polar surface area (TPSA) is 124 Å². The lowest BCUT2D eigenvalue weighted by atomic mass is 9.96. The van der Waals surface area contributed by atoms with Gasteiger partial charge in [0.05, 0.1) is 6.61 Å². The fraction of sp³-hybridized carbons (Fsp3) is 0.310. The molecule has 4 rings (SSSR count).